The Balaban J connectivity index is 1.68. The van der Waals surface area contributed by atoms with Gasteiger partial charge < -0.3 is 10.1 Å². The molecule has 0 unspecified atom stereocenters. The smallest absolute Gasteiger partial charge is 0.225 e. The highest BCUT2D eigenvalue weighted by molar-refractivity contribution is 7.10. The van der Waals surface area contributed by atoms with Crippen molar-refractivity contribution in [1.29, 1.82) is 0 Å². The van der Waals surface area contributed by atoms with E-state index in [0.29, 0.717) is 13.0 Å². The van der Waals surface area contributed by atoms with Crippen molar-refractivity contribution in [3.05, 3.63) is 52.2 Å². The lowest BCUT2D eigenvalue weighted by molar-refractivity contribution is -0.120. The lowest BCUT2D eigenvalue weighted by Gasteiger charge is -2.07. The van der Waals surface area contributed by atoms with Gasteiger partial charge in [-0.1, -0.05) is 6.07 Å². The molecule has 1 aromatic carbocycles. The number of ether oxygens (including phenoxy) is 1. The van der Waals surface area contributed by atoms with Crippen LogP contribution in [0.25, 0.3) is 0 Å². The average Bonchev–Trinajstić information content (AvgIpc) is 2.91. The van der Waals surface area contributed by atoms with Gasteiger partial charge in [-0.2, -0.15) is 0 Å². The second kappa shape index (κ2) is 7.00. The van der Waals surface area contributed by atoms with Gasteiger partial charge in [-0.15, -0.1) is 11.3 Å². The summed E-state index contributed by atoms with van der Waals surface area (Å²) in [5.41, 5.74) is 0. The Morgan fingerprint density at radius 1 is 1.25 bits per heavy atom. The molecule has 3 nitrogen and oxygen atoms in total. The van der Waals surface area contributed by atoms with E-state index in [2.05, 4.69) is 5.32 Å². The molecule has 0 saturated heterocycles. The number of thiophene rings is 1. The van der Waals surface area contributed by atoms with Crippen molar-refractivity contribution in [1.82, 2.24) is 5.32 Å². The summed E-state index contributed by atoms with van der Waals surface area (Å²) in [7, 11) is 0. The SMILES string of the molecule is O=C(Cc1cccs1)NCCOc1ccc(F)c(F)c1. The van der Waals surface area contributed by atoms with Crippen molar-refractivity contribution < 1.29 is 18.3 Å². The second-order valence-corrected chi connectivity index (χ2v) is 5.06. The number of halogens is 2. The van der Waals surface area contributed by atoms with Gasteiger partial charge >= 0.3 is 0 Å². The summed E-state index contributed by atoms with van der Waals surface area (Å²) in [4.78, 5) is 12.5. The predicted octanol–water partition coefficient (Wildman–Crippen LogP) is 2.76. The van der Waals surface area contributed by atoms with E-state index in [0.717, 1.165) is 17.0 Å². The van der Waals surface area contributed by atoms with E-state index in [-0.39, 0.29) is 18.3 Å². The Morgan fingerprint density at radius 2 is 2.10 bits per heavy atom. The van der Waals surface area contributed by atoms with Crippen LogP contribution in [0.1, 0.15) is 4.88 Å². The fourth-order valence-corrected chi connectivity index (χ4v) is 2.26. The zero-order valence-electron chi connectivity index (χ0n) is 10.6. The fourth-order valence-electron chi connectivity index (χ4n) is 1.56. The summed E-state index contributed by atoms with van der Waals surface area (Å²) in [6.45, 7) is 0.504. The third kappa shape index (κ3) is 4.31. The highest BCUT2D eigenvalue weighted by Crippen LogP contribution is 2.15. The van der Waals surface area contributed by atoms with Gasteiger partial charge in [0.2, 0.25) is 5.91 Å². The minimum Gasteiger partial charge on any atom is -0.492 e. The monoisotopic (exact) mass is 297 g/mol. The summed E-state index contributed by atoms with van der Waals surface area (Å²) in [5, 5.41) is 4.60. The number of benzene rings is 1. The van der Waals surface area contributed by atoms with Crippen molar-refractivity contribution >= 4 is 17.2 Å². The third-order valence-electron chi connectivity index (χ3n) is 2.50. The van der Waals surface area contributed by atoms with Gasteiger partial charge in [0.25, 0.3) is 0 Å². The molecule has 2 rings (SSSR count). The van der Waals surface area contributed by atoms with Crippen LogP contribution in [-0.4, -0.2) is 19.1 Å². The topological polar surface area (TPSA) is 38.3 Å². The molecule has 0 atom stereocenters. The molecule has 0 spiro atoms. The van der Waals surface area contributed by atoms with Gasteiger partial charge in [0.1, 0.15) is 12.4 Å². The minimum atomic E-state index is -0.954. The quantitative estimate of drug-likeness (QED) is 0.833. The van der Waals surface area contributed by atoms with Crippen molar-refractivity contribution in [2.45, 2.75) is 6.42 Å². The van der Waals surface area contributed by atoms with Gasteiger partial charge in [0.15, 0.2) is 11.6 Å². The number of carbonyl (C=O) groups excluding carboxylic acids is 1. The van der Waals surface area contributed by atoms with Crippen molar-refractivity contribution in [3.8, 4) is 5.75 Å². The fraction of sp³-hybridized carbons (Fsp3) is 0.214. The van der Waals surface area contributed by atoms with E-state index >= 15 is 0 Å². The predicted molar refractivity (Wildman–Crippen MR) is 72.9 cm³/mol. The molecule has 2 aromatic rings. The van der Waals surface area contributed by atoms with E-state index in [1.807, 2.05) is 17.5 Å². The first-order chi connectivity index (χ1) is 9.65. The maximum atomic E-state index is 12.9. The number of rotatable bonds is 6. The molecule has 1 heterocycles. The molecule has 20 heavy (non-hydrogen) atoms. The first kappa shape index (κ1) is 14.5. The lowest BCUT2D eigenvalue weighted by Crippen LogP contribution is -2.29. The van der Waals surface area contributed by atoms with Crippen LogP contribution in [0.4, 0.5) is 8.78 Å². The van der Waals surface area contributed by atoms with E-state index in [4.69, 9.17) is 4.74 Å². The standard InChI is InChI=1S/C14H13F2NO2S/c15-12-4-3-10(8-13(12)16)19-6-5-17-14(18)9-11-2-1-7-20-11/h1-4,7-8H,5-6,9H2,(H,17,18). The highest BCUT2D eigenvalue weighted by Gasteiger charge is 2.05. The summed E-state index contributed by atoms with van der Waals surface area (Å²) in [6.07, 6.45) is 0.336. The van der Waals surface area contributed by atoms with E-state index in [1.165, 1.54) is 17.4 Å². The highest BCUT2D eigenvalue weighted by atomic mass is 32.1. The molecule has 0 radical (unpaired) electrons. The van der Waals surface area contributed by atoms with Crippen molar-refractivity contribution in [3.63, 3.8) is 0 Å². The molecule has 1 amide bonds. The largest absolute Gasteiger partial charge is 0.492 e. The zero-order valence-corrected chi connectivity index (χ0v) is 11.4. The number of hydrogen-bond acceptors (Lipinski definition) is 3. The molecule has 0 aliphatic rings. The normalized spacial score (nSPS) is 10.3. The van der Waals surface area contributed by atoms with Gasteiger partial charge in [-0.25, -0.2) is 8.78 Å². The summed E-state index contributed by atoms with van der Waals surface area (Å²) in [6, 6.07) is 7.09. The third-order valence-corrected chi connectivity index (χ3v) is 3.38. The van der Waals surface area contributed by atoms with Crippen LogP contribution in [0.2, 0.25) is 0 Å². The van der Waals surface area contributed by atoms with Gasteiger partial charge in [0.05, 0.1) is 13.0 Å². The maximum Gasteiger partial charge on any atom is 0.225 e. The van der Waals surface area contributed by atoms with Crippen LogP contribution in [0, 0.1) is 11.6 Å². The van der Waals surface area contributed by atoms with E-state index in [9.17, 15) is 13.6 Å². The van der Waals surface area contributed by atoms with Crippen LogP contribution in [0.15, 0.2) is 35.7 Å². The first-order valence-corrected chi connectivity index (χ1v) is 6.90. The summed E-state index contributed by atoms with van der Waals surface area (Å²) < 4.78 is 30.8. The number of nitrogens with one attached hydrogen (secondary N) is 1. The molecule has 0 aliphatic heterocycles. The Bertz CT molecular complexity index is 573. The Labute approximate surface area is 119 Å². The van der Waals surface area contributed by atoms with Gasteiger partial charge in [-0.05, 0) is 23.6 Å². The minimum absolute atomic E-state index is 0.0960. The van der Waals surface area contributed by atoms with Crippen LogP contribution in [0.3, 0.4) is 0 Å². The van der Waals surface area contributed by atoms with Crippen molar-refractivity contribution in [2.24, 2.45) is 0 Å². The van der Waals surface area contributed by atoms with Gasteiger partial charge in [-0.3, -0.25) is 4.79 Å². The molecule has 0 saturated carbocycles. The molecule has 106 valence electrons. The van der Waals surface area contributed by atoms with E-state index < -0.39 is 11.6 Å². The average molecular weight is 297 g/mol. The second-order valence-electron chi connectivity index (χ2n) is 4.03. The summed E-state index contributed by atoms with van der Waals surface area (Å²) in [5.74, 6) is -1.73. The van der Waals surface area contributed by atoms with Crippen molar-refractivity contribution in [2.75, 3.05) is 13.2 Å². The van der Waals surface area contributed by atoms with Crippen LogP contribution < -0.4 is 10.1 Å². The molecule has 1 N–H and O–H groups in total. The molecule has 6 heteroatoms. The molecule has 1 aromatic heterocycles. The molecule has 0 aliphatic carbocycles. The number of amides is 1. The lowest BCUT2D eigenvalue weighted by atomic mass is 10.3. The Morgan fingerprint density at radius 3 is 2.80 bits per heavy atom. The van der Waals surface area contributed by atoms with E-state index in [1.54, 1.807) is 0 Å². The Kier molecular flexibility index (Phi) is 5.06. The maximum absolute atomic E-state index is 12.9. The summed E-state index contributed by atoms with van der Waals surface area (Å²) >= 11 is 1.52. The number of carbonyl (C=O) groups is 1. The first-order valence-electron chi connectivity index (χ1n) is 6.02. The molecular weight excluding hydrogens is 284 g/mol. The van der Waals surface area contributed by atoms with Crippen LogP contribution in [0.5, 0.6) is 5.75 Å². The molecule has 0 fully saturated rings. The Hall–Kier alpha value is -1.95. The zero-order chi connectivity index (χ0) is 14.4. The molecular formula is C14H13F2NO2S. The van der Waals surface area contributed by atoms with Gasteiger partial charge in [0, 0.05) is 10.9 Å². The van der Waals surface area contributed by atoms with Crippen LogP contribution >= 0.6 is 11.3 Å². The molecule has 0 bridgehead atoms. The number of hydrogen-bond donors (Lipinski definition) is 1. The van der Waals surface area contributed by atoms with Crippen LogP contribution in [-0.2, 0) is 11.2 Å².